The van der Waals surface area contributed by atoms with Crippen LogP contribution in [0.25, 0.3) is 10.9 Å². The van der Waals surface area contributed by atoms with E-state index in [9.17, 15) is 9.90 Å². The number of nitrogens with one attached hydrogen (secondary N) is 1. The van der Waals surface area contributed by atoms with E-state index < -0.39 is 0 Å². The van der Waals surface area contributed by atoms with Gasteiger partial charge in [-0.2, -0.15) is 0 Å². The molecule has 0 unspecified atom stereocenters. The van der Waals surface area contributed by atoms with Gasteiger partial charge in [0, 0.05) is 11.5 Å². The Morgan fingerprint density at radius 3 is 2.79 bits per heavy atom. The van der Waals surface area contributed by atoms with Crippen LogP contribution in [0.1, 0.15) is 19.4 Å². The van der Waals surface area contributed by atoms with Crippen LogP contribution < -0.4 is 10.3 Å². The van der Waals surface area contributed by atoms with Crippen LogP contribution in [0.5, 0.6) is 11.5 Å². The summed E-state index contributed by atoms with van der Waals surface area (Å²) in [6, 6.07) is 5.19. The molecule has 0 aliphatic carbocycles. The normalized spacial score (nSPS) is 10.5. The molecule has 1 heterocycles. The second kappa shape index (κ2) is 5.18. The molecule has 2 N–H and O–H groups in total. The summed E-state index contributed by atoms with van der Waals surface area (Å²) >= 11 is 0. The van der Waals surface area contributed by atoms with Crippen LogP contribution >= 0.6 is 0 Å². The molecule has 4 nitrogen and oxygen atoms in total. The van der Waals surface area contributed by atoms with Gasteiger partial charge in [-0.3, -0.25) is 4.79 Å². The first-order valence-corrected chi connectivity index (χ1v) is 6.08. The van der Waals surface area contributed by atoms with Gasteiger partial charge in [-0.05, 0) is 32.4 Å². The van der Waals surface area contributed by atoms with Crippen LogP contribution in [-0.4, -0.2) is 17.2 Å². The average Bonchev–Trinajstić information content (AvgIpc) is 2.37. The number of aromatic hydroxyl groups is 1. The van der Waals surface area contributed by atoms with Gasteiger partial charge in [0.05, 0.1) is 18.2 Å². The van der Waals surface area contributed by atoms with Gasteiger partial charge in [-0.25, -0.2) is 0 Å². The maximum absolute atomic E-state index is 12.0. The van der Waals surface area contributed by atoms with E-state index in [-0.39, 0.29) is 11.3 Å². The summed E-state index contributed by atoms with van der Waals surface area (Å²) in [5.41, 5.74) is 1.80. The summed E-state index contributed by atoms with van der Waals surface area (Å²) in [6.45, 7) is 3.91. The molecule has 100 valence electrons. The van der Waals surface area contributed by atoms with Crippen LogP contribution in [0, 0.1) is 0 Å². The van der Waals surface area contributed by atoms with Crippen molar-refractivity contribution in [3.05, 3.63) is 45.8 Å². The monoisotopic (exact) mass is 259 g/mol. The number of aromatic amines is 1. The highest BCUT2D eigenvalue weighted by Crippen LogP contribution is 2.28. The first-order chi connectivity index (χ1) is 9.02. The molecule has 0 bridgehead atoms. The van der Waals surface area contributed by atoms with Crippen molar-refractivity contribution in [2.75, 3.05) is 7.11 Å². The van der Waals surface area contributed by atoms with Crippen molar-refractivity contribution in [2.24, 2.45) is 0 Å². The molecule has 0 saturated heterocycles. The van der Waals surface area contributed by atoms with Crippen LogP contribution in [0.15, 0.2) is 34.6 Å². The second-order valence-corrected chi connectivity index (χ2v) is 4.68. The number of rotatable bonds is 3. The molecule has 0 atom stereocenters. The van der Waals surface area contributed by atoms with Crippen molar-refractivity contribution >= 4 is 10.9 Å². The van der Waals surface area contributed by atoms with Crippen molar-refractivity contribution in [2.45, 2.75) is 20.3 Å². The number of fused-ring (bicyclic) bond motifs is 1. The molecule has 2 rings (SSSR count). The molecule has 0 saturated carbocycles. The lowest BCUT2D eigenvalue weighted by Crippen LogP contribution is -2.12. The molecule has 0 amide bonds. The van der Waals surface area contributed by atoms with Crippen molar-refractivity contribution in [1.82, 2.24) is 4.98 Å². The molecule has 19 heavy (non-hydrogen) atoms. The standard InChI is InChI=1S/C15H17NO3/c1-9(2)4-6-12-14(17)11-7-5-10(19-3)8-13(11)16-15(12)18/h4-5,7-8H,6H2,1-3H3,(H2,16,17,18). The van der Waals surface area contributed by atoms with Gasteiger partial charge in [-0.15, -0.1) is 0 Å². The first kappa shape index (κ1) is 13.2. The second-order valence-electron chi connectivity index (χ2n) is 4.68. The summed E-state index contributed by atoms with van der Waals surface area (Å²) in [7, 11) is 1.56. The zero-order chi connectivity index (χ0) is 14.0. The predicted molar refractivity (Wildman–Crippen MR) is 75.9 cm³/mol. The minimum absolute atomic E-state index is 0.0407. The SMILES string of the molecule is COc1ccc2c(O)c(CC=C(C)C)c(=O)[nH]c2c1. The number of allylic oxidation sites excluding steroid dienone is 2. The molecule has 0 aliphatic rings. The Labute approximate surface area is 111 Å². The van der Waals surface area contributed by atoms with Crippen LogP contribution in [0.2, 0.25) is 0 Å². The minimum Gasteiger partial charge on any atom is -0.507 e. The number of pyridine rings is 1. The van der Waals surface area contributed by atoms with Gasteiger partial charge in [0.15, 0.2) is 0 Å². The van der Waals surface area contributed by atoms with Crippen molar-refractivity contribution in [3.63, 3.8) is 0 Å². The van der Waals surface area contributed by atoms with Gasteiger partial charge in [0.25, 0.3) is 5.56 Å². The topological polar surface area (TPSA) is 62.3 Å². The molecular weight excluding hydrogens is 242 g/mol. The number of ether oxygens (including phenoxy) is 1. The quantitative estimate of drug-likeness (QED) is 0.833. The fourth-order valence-electron chi connectivity index (χ4n) is 1.92. The highest BCUT2D eigenvalue weighted by Gasteiger charge is 2.11. The van der Waals surface area contributed by atoms with E-state index >= 15 is 0 Å². The highest BCUT2D eigenvalue weighted by molar-refractivity contribution is 5.86. The Hall–Kier alpha value is -2.23. The van der Waals surface area contributed by atoms with Gasteiger partial charge < -0.3 is 14.8 Å². The van der Waals surface area contributed by atoms with Gasteiger partial charge in [-0.1, -0.05) is 11.6 Å². The smallest absolute Gasteiger partial charge is 0.255 e. The Morgan fingerprint density at radius 1 is 1.42 bits per heavy atom. The largest absolute Gasteiger partial charge is 0.507 e. The fourth-order valence-corrected chi connectivity index (χ4v) is 1.92. The zero-order valence-corrected chi connectivity index (χ0v) is 11.3. The van der Waals surface area contributed by atoms with Crippen LogP contribution in [0.3, 0.4) is 0 Å². The summed E-state index contributed by atoms with van der Waals surface area (Å²) < 4.78 is 5.10. The van der Waals surface area contributed by atoms with Gasteiger partial charge in [0.1, 0.15) is 11.5 Å². The molecule has 1 aromatic carbocycles. The molecule has 0 radical (unpaired) electrons. The number of hydrogen-bond acceptors (Lipinski definition) is 3. The van der Waals surface area contributed by atoms with E-state index in [0.29, 0.717) is 28.6 Å². The lowest BCUT2D eigenvalue weighted by atomic mass is 10.1. The van der Waals surface area contributed by atoms with Gasteiger partial charge >= 0.3 is 0 Å². The summed E-state index contributed by atoms with van der Waals surface area (Å²) in [6.07, 6.45) is 2.34. The zero-order valence-electron chi connectivity index (χ0n) is 11.3. The molecule has 2 aromatic rings. The van der Waals surface area contributed by atoms with E-state index in [1.54, 1.807) is 25.3 Å². The number of hydrogen-bond donors (Lipinski definition) is 2. The predicted octanol–water partition coefficient (Wildman–Crippen LogP) is 2.75. The van der Waals surface area contributed by atoms with Gasteiger partial charge in [0.2, 0.25) is 0 Å². The van der Waals surface area contributed by atoms with Crippen molar-refractivity contribution in [3.8, 4) is 11.5 Å². The minimum atomic E-state index is -0.268. The summed E-state index contributed by atoms with van der Waals surface area (Å²) in [5.74, 6) is 0.679. The maximum Gasteiger partial charge on any atom is 0.255 e. The lowest BCUT2D eigenvalue weighted by Gasteiger charge is -2.07. The maximum atomic E-state index is 12.0. The fraction of sp³-hybridized carbons (Fsp3) is 0.267. The Bertz CT molecular complexity index is 694. The number of H-pyrrole nitrogens is 1. The molecule has 0 aliphatic heterocycles. The molecule has 4 heteroatoms. The van der Waals surface area contributed by atoms with Crippen LogP contribution in [-0.2, 0) is 6.42 Å². The van der Waals surface area contributed by atoms with Crippen LogP contribution in [0.4, 0.5) is 0 Å². The Morgan fingerprint density at radius 2 is 2.16 bits per heavy atom. The summed E-state index contributed by atoms with van der Waals surface area (Å²) in [4.78, 5) is 14.8. The van der Waals surface area contributed by atoms with E-state index in [2.05, 4.69) is 4.98 Å². The third-order valence-corrected chi connectivity index (χ3v) is 3.00. The van der Waals surface area contributed by atoms with E-state index in [0.717, 1.165) is 5.57 Å². The van der Waals surface area contributed by atoms with E-state index in [1.807, 2.05) is 19.9 Å². The number of benzene rings is 1. The van der Waals surface area contributed by atoms with E-state index in [4.69, 9.17) is 4.74 Å². The highest BCUT2D eigenvalue weighted by atomic mass is 16.5. The van der Waals surface area contributed by atoms with Crippen molar-refractivity contribution < 1.29 is 9.84 Å². The van der Waals surface area contributed by atoms with E-state index in [1.165, 1.54) is 0 Å². The molecule has 1 aromatic heterocycles. The number of methoxy groups -OCH3 is 1. The first-order valence-electron chi connectivity index (χ1n) is 6.08. The average molecular weight is 259 g/mol. The molecular formula is C15H17NO3. The number of aromatic nitrogens is 1. The third kappa shape index (κ3) is 2.62. The Kier molecular flexibility index (Phi) is 3.60. The molecule has 0 fully saturated rings. The molecule has 0 spiro atoms. The Balaban J connectivity index is 2.62. The summed E-state index contributed by atoms with van der Waals surface area (Å²) in [5, 5.41) is 10.8. The van der Waals surface area contributed by atoms with Crippen molar-refractivity contribution in [1.29, 1.82) is 0 Å². The lowest BCUT2D eigenvalue weighted by molar-refractivity contribution is 0.415. The third-order valence-electron chi connectivity index (χ3n) is 3.00.